The summed E-state index contributed by atoms with van der Waals surface area (Å²) in [5, 5.41) is -8.29. The fourth-order valence-corrected chi connectivity index (χ4v) is 3.12. The zero-order valence-electron chi connectivity index (χ0n) is 19.4. The van der Waals surface area contributed by atoms with Gasteiger partial charge in [-0.3, -0.25) is 4.18 Å². The lowest BCUT2D eigenvalue weighted by Gasteiger charge is -2.43. The van der Waals surface area contributed by atoms with Gasteiger partial charge in [0.05, 0.1) is 0 Å². The molecule has 0 bridgehead atoms. The van der Waals surface area contributed by atoms with Gasteiger partial charge in [-0.25, -0.2) is 0 Å². The molecule has 278 valence electrons. The van der Waals surface area contributed by atoms with Gasteiger partial charge in [0.25, 0.3) is 0 Å². The Hall–Kier alpha value is -2.05. The van der Waals surface area contributed by atoms with E-state index in [1.54, 1.807) is 4.18 Å². The maximum absolute atomic E-state index is 13.6. The molecule has 0 radical (unpaired) electrons. The fraction of sp³-hybridized carbons (Fsp3) is 1.00. The first-order chi connectivity index (χ1) is 19.2. The molecule has 0 aromatic rings. The third kappa shape index (κ3) is 5.51. The first-order valence-electron chi connectivity index (χ1n) is 9.39. The van der Waals surface area contributed by atoms with Crippen LogP contribution in [-0.2, 0) is 14.3 Å². The van der Waals surface area contributed by atoms with Crippen molar-refractivity contribution in [2.45, 2.75) is 76.8 Å². The monoisotopic (exact) mass is 782 g/mol. The predicted molar refractivity (Wildman–Crippen MR) is 81.4 cm³/mol. The van der Waals surface area contributed by atoms with Gasteiger partial charge in [-0.05, 0) is 0 Å². The largest absolute Gasteiger partial charge is 0.460 e. The molecule has 0 atom stereocenters. The van der Waals surface area contributed by atoms with Crippen LogP contribution < -0.4 is 0 Å². The smallest absolute Gasteiger partial charge is 0.259 e. The van der Waals surface area contributed by atoms with Gasteiger partial charge in [-0.15, -0.1) is 0 Å². The summed E-state index contributed by atoms with van der Waals surface area (Å²) in [4.78, 5) is 0. The molecule has 0 aromatic carbocycles. The van der Waals surface area contributed by atoms with Crippen LogP contribution in [-0.4, -0.2) is 91.9 Å². The summed E-state index contributed by atoms with van der Waals surface area (Å²) >= 11 is 0. The second kappa shape index (κ2) is 10.7. The maximum Gasteiger partial charge on any atom is 0.460 e. The minimum Gasteiger partial charge on any atom is -0.259 e. The number of hydrogen-bond acceptors (Lipinski definition) is 3. The molecule has 0 N–H and O–H groups in total. The van der Waals surface area contributed by atoms with Crippen LogP contribution in [0.15, 0.2) is 0 Å². The Balaban J connectivity index is 6.94. The minimum atomic E-state index is -9.48. The van der Waals surface area contributed by atoms with E-state index in [2.05, 4.69) is 0 Å². The second-order valence-corrected chi connectivity index (χ2v) is 9.76. The number of alkyl halides is 28. The van der Waals surface area contributed by atoms with E-state index in [1.165, 1.54) is 0 Å². The Morgan fingerprint density at radius 1 is 0.326 bits per heavy atom. The molecule has 0 fully saturated rings. The van der Waals surface area contributed by atoms with E-state index in [-0.39, 0.29) is 0 Å². The summed E-state index contributed by atoms with van der Waals surface area (Å²) in [5.41, 5.74) is 0. The Bertz CT molecular complexity index is 1220. The highest BCUT2D eigenvalue weighted by molar-refractivity contribution is 7.87. The van der Waals surface area contributed by atoms with Crippen molar-refractivity contribution >= 4 is 10.1 Å². The molecular formula is C14H2F28O3S. The highest BCUT2D eigenvalue weighted by Crippen LogP contribution is 2.65. The van der Waals surface area contributed by atoms with Crippen molar-refractivity contribution in [2.24, 2.45) is 0 Å². The van der Waals surface area contributed by atoms with Crippen LogP contribution in [0.25, 0.3) is 0 Å². The molecule has 0 aliphatic rings. The zero-order chi connectivity index (χ0) is 38.4. The van der Waals surface area contributed by atoms with Crippen molar-refractivity contribution in [3.05, 3.63) is 0 Å². The van der Waals surface area contributed by atoms with Gasteiger partial charge < -0.3 is 0 Å². The van der Waals surface area contributed by atoms with E-state index in [1.807, 2.05) is 0 Å². The SMILES string of the molecule is O=S(=O)(OCC(F)(F)C(F)(F)C(F)(F)C(F)(F)C(F)(F)C(F)(F)C(F)(F)C(F)(F)C(F)(F)F)C(F)(F)C(F)(F)C(F)(F)C(F)(F)F. The molecule has 0 rings (SSSR count). The minimum absolute atomic E-state index is 1.79. The second-order valence-electron chi connectivity index (χ2n) is 8.10. The Morgan fingerprint density at radius 3 is 0.804 bits per heavy atom. The summed E-state index contributed by atoms with van der Waals surface area (Å²) in [6.45, 7) is -4.96. The third-order valence-corrected chi connectivity index (χ3v) is 6.32. The van der Waals surface area contributed by atoms with Crippen LogP contribution >= 0.6 is 0 Å². The van der Waals surface area contributed by atoms with E-state index in [0.29, 0.717) is 0 Å². The molecule has 0 unspecified atom stereocenters. The first-order valence-corrected chi connectivity index (χ1v) is 10.8. The van der Waals surface area contributed by atoms with E-state index in [9.17, 15) is 131 Å². The molecule has 0 heterocycles. The Kier molecular flexibility index (Phi) is 10.2. The lowest BCUT2D eigenvalue weighted by atomic mass is 9.87. The first kappa shape index (κ1) is 43.9. The summed E-state index contributed by atoms with van der Waals surface area (Å²) in [6.07, 6.45) is -16.1. The van der Waals surface area contributed by atoms with Crippen molar-refractivity contribution in [1.29, 1.82) is 0 Å². The van der Waals surface area contributed by atoms with Crippen LogP contribution in [0.3, 0.4) is 0 Å². The summed E-state index contributed by atoms with van der Waals surface area (Å²) in [6, 6.07) is 0. The van der Waals surface area contributed by atoms with Gasteiger partial charge in [0.2, 0.25) is 0 Å². The van der Waals surface area contributed by atoms with Gasteiger partial charge >= 0.3 is 87.0 Å². The number of hydrogen-bond donors (Lipinski definition) is 0. The standard InChI is InChI=1S/C14H2F28O3S/c15-2(16,1-45-46(43,44)14(41,42)11(33,34)10(31,32)13(38,39)40)3(17,18)4(19,20)5(21,22)6(23,24)7(25,26)8(27,28)9(29,30)12(35,36)37/h1H2. The number of rotatable bonds is 13. The van der Waals surface area contributed by atoms with Gasteiger partial charge in [0.15, 0.2) is 0 Å². The van der Waals surface area contributed by atoms with Crippen molar-refractivity contribution < 1.29 is 136 Å². The van der Waals surface area contributed by atoms with Crippen LogP contribution in [0.2, 0.25) is 0 Å². The van der Waals surface area contributed by atoms with Gasteiger partial charge in [0, 0.05) is 0 Å². The van der Waals surface area contributed by atoms with Crippen molar-refractivity contribution in [3.63, 3.8) is 0 Å². The predicted octanol–water partition coefficient (Wildman–Crippen LogP) is 8.40. The molecule has 0 aliphatic carbocycles. The molecule has 32 heteroatoms. The van der Waals surface area contributed by atoms with E-state index < -0.39 is 93.6 Å². The highest BCUT2D eigenvalue weighted by atomic mass is 32.2. The van der Waals surface area contributed by atoms with Gasteiger partial charge in [-0.1, -0.05) is 0 Å². The van der Waals surface area contributed by atoms with Crippen LogP contribution in [0.4, 0.5) is 123 Å². The van der Waals surface area contributed by atoms with E-state index >= 15 is 0 Å². The lowest BCUT2D eigenvalue weighted by molar-refractivity contribution is -0.469. The van der Waals surface area contributed by atoms with E-state index in [0.717, 1.165) is 0 Å². The molecule has 0 aliphatic heterocycles. The molecule has 0 amide bonds. The quantitative estimate of drug-likeness (QED) is 0.139. The van der Waals surface area contributed by atoms with Crippen molar-refractivity contribution in [1.82, 2.24) is 0 Å². The molecule has 0 aromatic heterocycles. The lowest BCUT2D eigenvalue weighted by Crippen LogP contribution is -2.76. The maximum atomic E-state index is 13.6. The van der Waals surface area contributed by atoms with Crippen molar-refractivity contribution in [3.8, 4) is 0 Å². The molecular weight excluding hydrogens is 780 g/mol. The van der Waals surface area contributed by atoms with Crippen LogP contribution in [0, 0.1) is 0 Å². The average Bonchev–Trinajstić information content (AvgIpc) is 2.80. The van der Waals surface area contributed by atoms with Gasteiger partial charge in [-0.2, -0.15) is 131 Å². The van der Waals surface area contributed by atoms with Gasteiger partial charge in [0.1, 0.15) is 6.61 Å². The Morgan fingerprint density at radius 2 is 0.543 bits per heavy atom. The summed E-state index contributed by atoms with van der Waals surface area (Å²) in [7, 11) is -8.80. The summed E-state index contributed by atoms with van der Waals surface area (Å²) in [5.74, 6) is -89.2. The normalized spacial score (nSPS) is 17.0. The summed E-state index contributed by atoms with van der Waals surface area (Å²) < 4.78 is 388. The van der Waals surface area contributed by atoms with E-state index in [4.69, 9.17) is 0 Å². The molecule has 0 saturated carbocycles. The molecule has 3 nitrogen and oxygen atoms in total. The fourth-order valence-electron chi connectivity index (χ4n) is 2.23. The molecule has 46 heavy (non-hydrogen) atoms. The van der Waals surface area contributed by atoms with Crippen molar-refractivity contribution in [2.75, 3.05) is 6.61 Å². The van der Waals surface area contributed by atoms with Crippen LogP contribution in [0.1, 0.15) is 0 Å². The third-order valence-electron chi connectivity index (χ3n) is 5.01. The number of halogens is 28. The Labute approximate surface area is 230 Å². The topological polar surface area (TPSA) is 43.4 Å². The average molecular weight is 782 g/mol. The molecule has 0 saturated heterocycles. The molecule has 0 spiro atoms. The zero-order valence-corrected chi connectivity index (χ0v) is 20.2. The van der Waals surface area contributed by atoms with Crippen LogP contribution in [0.5, 0.6) is 0 Å². The highest BCUT2D eigenvalue weighted by Gasteiger charge is 2.97.